The Morgan fingerprint density at radius 3 is 2.92 bits per heavy atom. The predicted molar refractivity (Wildman–Crippen MR) is 98.9 cm³/mol. The van der Waals surface area contributed by atoms with E-state index in [1.165, 1.54) is 16.2 Å². The number of thiazole rings is 1. The molecular weight excluding hydrogens is 376 g/mol. The van der Waals surface area contributed by atoms with Gasteiger partial charge in [0.25, 0.3) is 5.91 Å². The topological polar surface area (TPSA) is 79.7 Å². The molecule has 1 atom stereocenters. The van der Waals surface area contributed by atoms with Crippen LogP contribution in [0.5, 0.6) is 5.75 Å². The van der Waals surface area contributed by atoms with Crippen LogP contribution in [0.1, 0.15) is 11.4 Å². The third kappa shape index (κ3) is 3.11. The lowest BCUT2D eigenvalue weighted by Gasteiger charge is -2.33. The Hall–Kier alpha value is -2.64. The van der Waals surface area contributed by atoms with Gasteiger partial charge in [-0.3, -0.25) is 14.5 Å². The minimum absolute atomic E-state index is 0.242. The molecule has 2 heterocycles. The van der Waals surface area contributed by atoms with Crippen molar-refractivity contribution in [1.82, 2.24) is 4.98 Å². The first-order chi connectivity index (χ1) is 12.5. The monoisotopic (exact) mass is 388 g/mol. The van der Waals surface area contributed by atoms with Crippen molar-refractivity contribution in [3.8, 4) is 5.75 Å². The van der Waals surface area contributed by atoms with Crippen LogP contribution in [0.4, 0.5) is 5.69 Å². The second-order valence-electron chi connectivity index (χ2n) is 5.82. The number of fused-ring (bicyclic) bond motifs is 2. The van der Waals surface area contributed by atoms with Crippen LogP contribution in [0.3, 0.4) is 0 Å². The number of aromatic nitrogens is 1. The summed E-state index contributed by atoms with van der Waals surface area (Å²) in [5.41, 5.74) is 1.42. The zero-order valence-electron chi connectivity index (χ0n) is 13.4. The van der Waals surface area contributed by atoms with Crippen molar-refractivity contribution in [2.24, 2.45) is 0 Å². The van der Waals surface area contributed by atoms with Gasteiger partial charge in [-0.1, -0.05) is 23.7 Å². The molecule has 1 aliphatic heterocycles. The second-order valence-corrected chi connectivity index (χ2v) is 7.37. The molecular formula is C18H13ClN2O4S. The molecule has 26 heavy (non-hydrogen) atoms. The van der Waals surface area contributed by atoms with E-state index in [0.717, 1.165) is 15.2 Å². The number of aliphatic carboxylic acids is 1. The summed E-state index contributed by atoms with van der Waals surface area (Å²) in [5, 5.41) is 10.4. The van der Waals surface area contributed by atoms with Crippen LogP contribution in [0.25, 0.3) is 10.2 Å². The Kier molecular flexibility index (Phi) is 4.26. The number of hydrogen-bond donors (Lipinski definition) is 1. The first-order valence-corrected chi connectivity index (χ1v) is 9.04. The number of carbonyl (C=O) groups excluding carboxylic acids is 1. The Balaban J connectivity index is 1.70. The fourth-order valence-corrected chi connectivity index (χ4v) is 4.11. The highest BCUT2D eigenvalue weighted by molar-refractivity contribution is 7.18. The molecule has 0 radical (unpaired) electrons. The molecule has 0 saturated heterocycles. The van der Waals surface area contributed by atoms with Crippen molar-refractivity contribution < 1.29 is 19.4 Å². The fraction of sp³-hybridized carbons (Fsp3) is 0.167. The molecule has 6 nitrogen and oxygen atoms in total. The summed E-state index contributed by atoms with van der Waals surface area (Å²) in [6, 6.07) is 12.5. The highest BCUT2D eigenvalue weighted by Gasteiger charge is 2.36. The van der Waals surface area contributed by atoms with Gasteiger partial charge in [-0.2, -0.15) is 0 Å². The average molecular weight is 389 g/mol. The molecule has 1 aliphatic rings. The molecule has 8 heteroatoms. The number of carboxylic acid groups (broad SMARTS) is 1. The minimum atomic E-state index is -1.09. The molecule has 132 valence electrons. The fourth-order valence-electron chi connectivity index (χ4n) is 2.88. The maximum atomic E-state index is 12.8. The highest BCUT2D eigenvalue weighted by Crippen LogP contribution is 2.36. The zero-order chi connectivity index (χ0) is 18.3. The number of anilines is 1. The van der Waals surface area contributed by atoms with Gasteiger partial charge in [-0.25, -0.2) is 4.98 Å². The number of benzene rings is 2. The van der Waals surface area contributed by atoms with Gasteiger partial charge >= 0.3 is 5.97 Å². The molecule has 0 spiro atoms. The molecule has 3 aromatic rings. The molecule has 1 amide bonds. The summed E-state index contributed by atoms with van der Waals surface area (Å²) >= 11 is 7.47. The van der Waals surface area contributed by atoms with E-state index < -0.39 is 12.1 Å². The largest absolute Gasteiger partial charge is 0.481 e. The van der Waals surface area contributed by atoms with Gasteiger partial charge in [-0.15, -0.1) is 11.3 Å². The lowest BCUT2D eigenvalue weighted by atomic mass is 10.1. The Morgan fingerprint density at radius 2 is 2.12 bits per heavy atom. The van der Waals surface area contributed by atoms with Crippen molar-refractivity contribution >= 4 is 50.7 Å². The lowest BCUT2D eigenvalue weighted by Crippen LogP contribution is -2.46. The van der Waals surface area contributed by atoms with Gasteiger partial charge in [0.1, 0.15) is 10.8 Å². The van der Waals surface area contributed by atoms with Gasteiger partial charge in [0.05, 0.1) is 28.9 Å². The van der Waals surface area contributed by atoms with Crippen molar-refractivity contribution in [1.29, 1.82) is 0 Å². The summed E-state index contributed by atoms with van der Waals surface area (Å²) < 4.78 is 6.53. The van der Waals surface area contributed by atoms with Crippen LogP contribution in [0.2, 0.25) is 5.02 Å². The van der Waals surface area contributed by atoms with Crippen LogP contribution in [-0.2, 0) is 16.1 Å². The standard InChI is InChI=1S/C18H13ClN2O4S/c19-10-5-6-11-15(7-10)26-16(20-11)9-21-12-3-1-2-4-13(12)25-14(18(21)24)8-17(22)23/h1-7,14H,8-9H2,(H,22,23). The number of carbonyl (C=O) groups is 2. The molecule has 0 aliphatic carbocycles. The Morgan fingerprint density at radius 1 is 1.31 bits per heavy atom. The molecule has 1 N–H and O–H groups in total. The molecule has 1 unspecified atom stereocenters. The summed E-state index contributed by atoms with van der Waals surface area (Å²) in [6.07, 6.45) is -1.44. The summed E-state index contributed by atoms with van der Waals surface area (Å²) in [5.74, 6) is -0.983. The zero-order valence-corrected chi connectivity index (χ0v) is 15.0. The summed E-state index contributed by atoms with van der Waals surface area (Å²) in [4.78, 5) is 29.9. The van der Waals surface area contributed by atoms with Gasteiger partial charge < -0.3 is 9.84 Å². The number of rotatable bonds is 4. The quantitative estimate of drug-likeness (QED) is 0.736. The number of hydrogen-bond acceptors (Lipinski definition) is 5. The van der Waals surface area contributed by atoms with E-state index in [9.17, 15) is 9.59 Å². The molecule has 2 aromatic carbocycles. The van der Waals surface area contributed by atoms with Gasteiger partial charge in [0.15, 0.2) is 6.10 Å². The SMILES string of the molecule is O=C(O)CC1Oc2ccccc2N(Cc2nc3ccc(Cl)cc3s2)C1=O. The number of ether oxygens (including phenoxy) is 1. The van der Waals surface area contributed by atoms with E-state index in [-0.39, 0.29) is 18.9 Å². The second kappa shape index (κ2) is 6.59. The predicted octanol–water partition coefficient (Wildman–Crippen LogP) is 3.72. The first kappa shape index (κ1) is 16.8. The van der Waals surface area contributed by atoms with E-state index in [4.69, 9.17) is 21.4 Å². The third-order valence-corrected chi connectivity index (χ3v) is 5.25. The maximum Gasteiger partial charge on any atom is 0.307 e. The van der Waals surface area contributed by atoms with Crippen LogP contribution in [0.15, 0.2) is 42.5 Å². The maximum absolute atomic E-state index is 12.8. The van der Waals surface area contributed by atoms with Crippen LogP contribution in [0, 0.1) is 0 Å². The normalized spacial score (nSPS) is 16.4. The lowest BCUT2D eigenvalue weighted by molar-refractivity contribution is -0.142. The molecule has 1 aromatic heterocycles. The van der Waals surface area contributed by atoms with E-state index in [2.05, 4.69) is 4.98 Å². The van der Waals surface area contributed by atoms with Crippen molar-refractivity contribution in [3.05, 3.63) is 52.5 Å². The third-order valence-electron chi connectivity index (χ3n) is 4.01. The minimum Gasteiger partial charge on any atom is -0.481 e. The Bertz CT molecular complexity index is 1020. The first-order valence-electron chi connectivity index (χ1n) is 7.85. The van der Waals surface area contributed by atoms with Gasteiger partial charge in [0.2, 0.25) is 0 Å². The molecule has 0 saturated carbocycles. The van der Waals surface area contributed by atoms with E-state index in [1.54, 1.807) is 30.3 Å². The van der Waals surface area contributed by atoms with E-state index in [0.29, 0.717) is 16.5 Å². The summed E-state index contributed by atoms with van der Waals surface area (Å²) in [6.45, 7) is 0.242. The highest BCUT2D eigenvalue weighted by atomic mass is 35.5. The molecule has 0 bridgehead atoms. The number of amides is 1. The van der Waals surface area contributed by atoms with Crippen molar-refractivity contribution in [3.63, 3.8) is 0 Å². The van der Waals surface area contributed by atoms with Crippen LogP contribution in [-0.4, -0.2) is 28.1 Å². The van der Waals surface area contributed by atoms with E-state index >= 15 is 0 Å². The molecule has 4 rings (SSSR count). The van der Waals surface area contributed by atoms with Crippen LogP contribution < -0.4 is 9.64 Å². The Labute approximate surface area is 157 Å². The smallest absolute Gasteiger partial charge is 0.307 e. The van der Waals surface area contributed by atoms with Crippen molar-refractivity contribution in [2.75, 3.05) is 4.90 Å². The van der Waals surface area contributed by atoms with E-state index in [1.807, 2.05) is 12.1 Å². The number of para-hydroxylation sites is 2. The van der Waals surface area contributed by atoms with Crippen LogP contribution >= 0.6 is 22.9 Å². The number of nitrogens with zero attached hydrogens (tertiary/aromatic N) is 2. The molecule has 0 fully saturated rings. The number of carboxylic acids is 1. The number of halogens is 1. The van der Waals surface area contributed by atoms with Gasteiger partial charge in [-0.05, 0) is 30.3 Å². The summed E-state index contributed by atoms with van der Waals surface area (Å²) in [7, 11) is 0. The van der Waals surface area contributed by atoms with Gasteiger partial charge in [0, 0.05) is 5.02 Å². The van der Waals surface area contributed by atoms with Crippen molar-refractivity contribution in [2.45, 2.75) is 19.1 Å². The average Bonchev–Trinajstić information content (AvgIpc) is 2.99.